The Labute approximate surface area is 412 Å². The van der Waals surface area contributed by atoms with Crippen LogP contribution in [0.4, 0.5) is 11.4 Å². The number of unbranched alkanes of at least 4 members (excludes halogenated alkanes) is 20. The number of anilines is 2. The molecule has 0 N–H and O–H groups in total. The average Bonchev–Trinajstić information content (AvgIpc) is 3.37. The van der Waals surface area contributed by atoms with Gasteiger partial charge in [0.05, 0.1) is 11.4 Å². The first-order valence-electron chi connectivity index (χ1n) is 28.2. The van der Waals surface area contributed by atoms with Crippen molar-refractivity contribution in [2.75, 3.05) is 36.0 Å². The van der Waals surface area contributed by atoms with Crippen LogP contribution in [0.5, 0.6) is 0 Å². The number of fused-ring (bicyclic) bond motifs is 4. The van der Waals surface area contributed by atoms with Crippen LogP contribution in [0.2, 0.25) is 0 Å². The molecule has 0 aromatic heterocycles. The van der Waals surface area contributed by atoms with Crippen molar-refractivity contribution < 1.29 is 10.2 Å². The van der Waals surface area contributed by atoms with Gasteiger partial charge in [0.2, 0.25) is 0 Å². The summed E-state index contributed by atoms with van der Waals surface area (Å²) >= 11 is 0. The molecule has 4 nitrogen and oxygen atoms in total. The van der Waals surface area contributed by atoms with Gasteiger partial charge in [-0.05, 0) is 70.2 Å². The van der Waals surface area contributed by atoms with Crippen molar-refractivity contribution in [3.63, 3.8) is 0 Å². The Morgan fingerprint density at radius 1 is 0.294 bits per heavy atom. The molecule has 68 heavy (non-hydrogen) atoms. The lowest BCUT2D eigenvalue weighted by Crippen LogP contribution is -2.63. The van der Waals surface area contributed by atoms with Gasteiger partial charge in [-0.1, -0.05) is 253 Å². The highest BCUT2D eigenvalue weighted by Gasteiger charge is 2.42. The van der Waals surface area contributed by atoms with Crippen molar-refractivity contribution in [2.45, 2.75) is 206 Å². The molecule has 4 heteroatoms. The normalized spacial score (nSPS) is 17.1. The average molecular weight is 917 g/mol. The van der Waals surface area contributed by atoms with Gasteiger partial charge in [-0.15, -0.1) is 12.2 Å². The first-order valence-corrected chi connectivity index (χ1v) is 28.2. The van der Waals surface area contributed by atoms with E-state index in [1.807, 2.05) is 0 Å². The summed E-state index contributed by atoms with van der Waals surface area (Å²) in [6, 6.07) is 35.0. The minimum absolute atomic E-state index is 0.636. The van der Waals surface area contributed by atoms with Gasteiger partial charge >= 0.3 is 0 Å². The Morgan fingerprint density at radius 2 is 0.500 bits per heavy atom. The summed E-state index contributed by atoms with van der Waals surface area (Å²) in [6.45, 7) is 13.3. The number of hydrogen-bond acceptors (Lipinski definition) is 4. The molecule has 1 aliphatic rings. The smallest absolute Gasteiger partial charge is 0.0525 e. The Bertz CT molecular complexity index is 2100. The zero-order valence-electron chi connectivity index (χ0n) is 43.1. The molecule has 1 fully saturated rings. The summed E-state index contributed by atoms with van der Waals surface area (Å²) in [5.74, 6) is -1.27. The maximum atomic E-state index is 15.4. The zero-order valence-corrected chi connectivity index (χ0v) is 43.1. The SMILES string of the molecule is CCCCCCCCN(CCCCCCCC)c1c2ccccc2c(C2C([O-])C(c3c4ccccc4c(N(CCCCCCCC)CCCCCCCC)c4ccccc34)C2[O-])c2ccccc12. The van der Waals surface area contributed by atoms with Crippen LogP contribution in [0.3, 0.4) is 0 Å². The lowest BCUT2D eigenvalue weighted by molar-refractivity contribution is -0.535. The highest BCUT2D eigenvalue weighted by atomic mass is 16.3. The van der Waals surface area contributed by atoms with Gasteiger partial charge in [-0.25, -0.2) is 0 Å². The molecule has 0 atom stereocenters. The summed E-state index contributed by atoms with van der Waals surface area (Å²) < 4.78 is 0. The van der Waals surface area contributed by atoms with Crippen LogP contribution in [-0.2, 0) is 0 Å². The van der Waals surface area contributed by atoms with E-state index < -0.39 is 24.0 Å². The van der Waals surface area contributed by atoms with Crippen molar-refractivity contribution in [1.82, 2.24) is 0 Å². The van der Waals surface area contributed by atoms with Crippen molar-refractivity contribution >= 4 is 54.5 Å². The van der Waals surface area contributed by atoms with Crippen LogP contribution in [0.15, 0.2) is 97.1 Å². The first-order chi connectivity index (χ1) is 33.5. The van der Waals surface area contributed by atoms with Crippen LogP contribution in [0.25, 0.3) is 43.1 Å². The third-order valence-corrected chi connectivity index (χ3v) is 15.7. The monoisotopic (exact) mass is 917 g/mol. The van der Waals surface area contributed by atoms with E-state index in [2.05, 4.69) is 135 Å². The fraction of sp³-hybridized carbons (Fsp3) is 0.562. The second-order valence-electron chi connectivity index (χ2n) is 20.7. The summed E-state index contributed by atoms with van der Waals surface area (Å²) in [5, 5.41) is 40.0. The first kappa shape index (κ1) is 51.7. The van der Waals surface area contributed by atoms with Crippen LogP contribution in [0.1, 0.15) is 205 Å². The van der Waals surface area contributed by atoms with Crippen LogP contribution >= 0.6 is 0 Å². The molecule has 7 rings (SSSR count). The Balaban J connectivity index is 1.25. The Hall–Kier alpha value is -4.12. The molecule has 0 aliphatic heterocycles. The highest BCUT2D eigenvalue weighted by molar-refractivity contribution is 6.16. The largest absolute Gasteiger partial charge is 0.851 e. The second kappa shape index (κ2) is 27.3. The minimum atomic E-state index is -1.06. The molecule has 368 valence electrons. The number of benzene rings is 6. The molecule has 0 unspecified atom stereocenters. The van der Waals surface area contributed by atoms with Crippen molar-refractivity contribution in [1.29, 1.82) is 0 Å². The van der Waals surface area contributed by atoms with Crippen molar-refractivity contribution in [3.05, 3.63) is 108 Å². The molecule has 0 heterocycles. The van der Waals surface area contributed by atoms with E-state index in [1.165, 1.54) is 187 Å². The Kier molecular flexibility index (Phi) is 20.8. The predicted octanol–water partition coefficient (Wildman–Crippen LogP) is 16.7. The van der Waals surface area contributed by atoms with E-state index in [1.54, 1.807) is 0 Å². The van der Waals surface area contributed by atoms with Gasteiger partial charge in [0.15, 0.2) is 0 Å². The Morgan fingerprint density at radius 3 is 0.735 bits per heavy atom. The van der Waals surface area contributed by atoms with Gasteiger partial charge in [0, 0.05) is 47.7 Å². The van der Waals surface area contributed by atoms with E-state index in [0.717, 1.165) is 58.9 Å². The predicted molar refractivity (Wildman–Crippen MR) is 294 cm³/mol. The maximum absolute atomic E-state index is 15.4. The third kappa shape index (κ3) is 12.4. The third-order valence-electron chi connectivity index (χ3n) is 15.7. The number of rotatable bonds is 32. The molecule has 0 amide bonds. The van der Waals surface area contributed by atoms with E-state index >= 15 is 10.2 Å². The molecule has 6 aromatic carbocycles. The van der Waals surface area contributed by atoms with Gasteiger partial charge < -0.3 is 20.0 Å². The number of nitrogens with zero attached hydrogens (tertiary/aromatic N) is 2. The van der Waals surface area contributed by atoms with Crippen molar-refractivity contribution in [2.24, 2.45) is 0 Å². The lowest BCUT2D eigenvalue weighted by Gasteiger charge is -2.62. The summed E-state index contributed by atoms with van der Waals surface area (Å²) in [4.78, 5) is 5.37. The molecular formula is C64H88N2O2-2. The summed E-state index contributed by atoms with van der Waals surface area (Å²) in [7, 11) is 0. The van der Waals surface area contributed by atoms with Gasteiger partial charge in [0.25, 0.3) is 0 Å². The summed E-state index contributed by atoms with van der Waals surface area (Å²) in [5.41, 5.74) is 4.54. The molecule has 1 aliphatic carbocycles. The molecule has 0 spiro atoms. The quantitative estimate of drug-likeness (QED) is 0.0312. The molecule has 0 radical (unpaired) electrons. The van der Waals surface area contributed by atoms with E-state index in [4.69, 9.17) is 0 Å². The van der Waals surface area contributed by atoms with Gasteiger partial charge in [-0.3, -0.25) is 0 Å². The lowest BCUT2D eigenvalue weighted by atomic mass is 9.60. The van der Waals surface area contributed by atoms with Crippen LogP contribution < -0.4 is 20.0 Å². The topological polar surface area (TPSA) is 52.6 Å². The molecule has 0 saturated heterocycles. The fourth-order valence-electron chi connectivity index (χ4n) is 12.0. The van der Waals surface area contributed by atoms with Crippen LogP contribution in [0, 0.1) is 0 Å². The molecule has 1 saturated carbocycles. The van der Waals surface area contributed by atoms with E-state index in [9.17, 15) is 0 Å². The second-order valence-corrected chi connectivity index (χ2v) is 20.7. The minimum Gasteiger partial charge on any atom is -0.851 e. The number of hydrogen-bond donors (Lipinski definition) is 0. The molecule has 6 aromatic rings. The van der Waals surface area contributed by atoms with Crippen LogP contribution in [-0.4, -0.2) is 38.4 Å². The van der Waals surface area contributed by atoms with Gasteiger partial charge in [0.1, 0.15) is 0 Å². The van der Waals surface area contributed by atoms with E-state index in [0.29, 0.717) is 0 Å². The van der Waals surface area contributed by atoms with Crippen molar-refractivity contribution in [3.8, 4) is 0 Å². The van der Waals surface area contributed by atoms with Gasteiger partial charge in [-0.2, -0.15) is 0 Å². The fourth-order valence-corrected chi connectivity index (χ4v) is 12.0. The maximum Gasteiger partial charge on any atom is 0.0525 e. The summed E-state index contributed by atoms with van der Waals surface area (Å²) in [6.07, 6.45) is 28.4. The standard InChI is InChI=1S/C64H88N2O2/c1-5-9-13-17-21-33-45-65(46-34-22-18-14-10-6-2)61-53-41-29-25-37-49(53)57(50-38-26-30-42-54(50)61)59-63(67)60(64(59)68)58-51-39-27-31-43-55(51)62(56-44-32-28-40-52(56)58)66(47-35-23-19-15-11-7-3)48-36-24-20-16-12-8-4/h25-32,37-44,59-60,63-64H,5-24,33-36,45-48H2,1-4H3/q-2. The highest BCUT2D eigenvalue weighted by Crippen LogP contribution is 2.54. The zero-order chi connectivity index (χ0) is 47.5. The molecular weight excluding hydrogens is 829 g/mol. The van der Waals surface area contributed by atoms with E-state index in [-0.39, 0.29) is 0 Å². The molecule has 0 bridgehead atoms.